The van der Waals surface area contributed by atoms with Gasteiger partial charge < -0.3 is 0 Å². The van der Waals surface area contributed by atoms with Crippen LogP contribution in [0.1, 0.15) is 32.6 Å². The van der Waals surface area contributed by atoms with Crippen molar-refractivity contribution in [2.75, 3.05) is 0 Å². The summed E-state index contributed by atoms with van der Waals surface area (Å²) in [5.41, 5.74) is 0. The van der Waals surface area contributed by atoms with Gasteiger partial charge in [0.2, 0.25) is 0 Å². The standard InChI is InChI=1S/C8H13F3/c1-2-3-4-6-5-7(6)8(9,10)11/h6-7H,2-5H2,1H3. The molecule has 1 aliphatic carbocycles. The van der Waals surface area contributed by atoms with Crippen molar-refractivity contribution in [1.82, 2.24) is 0 Å². The summed E-state index contributed by atoms with van der Waals surface area (Å²) in [7, 11) is 0. The molecule has 0 aliphatic heterocycles. The molecule has 0 aromatic rings. The van der Waals surface area contributed by atoms with E-state index in [-0.39, 0.29) is 5.92 Å². The molecule has 0 bridgehead atoms. The lowest BCUT2D eigenvalue weighted by Crippen LogP contribution is -2.11. The van der Waals surface area contributed by atoms with Crippen molar-refractivity contribution < 1.29 is 13.2 Å². The van der Waals surface area contributed by atoms with Crippen LogP contribution in [0.2, 0.25) is 0 Å². The average Bonchev–Trinajstić information content (AvgIpc) is 2.60. The molecule has 0 saturated heterocycles. The maximum absolute atomic E-state index is 11.9. The third kappa shape index (κ3) is 2.38. The molecule has 11 heavy (non-hydrogen) atoms. The number of alkyl halides is 3. The van der Waals surface area contributed by atoms with Crippen molar-refractivity contribution in [1.29, 1.82) is 0 Å². The first-order chi connectivity index (χ1) is 5.05. The smallest absolute Gasteiger partial charge is 0.171 e. The summed E-state index contributed by atoms with van der Waals surface area (Å²) in [4.78, 5) is 0. The molecular formula is C8H13F3. The summed E-state index contributed by atoms with van der Waals surface area (Å²) < 4.78 is 35.8. The molecule has 2 unspecified atom stereocenters. The van der Waals surface area contributed by atoms with Crippen LogP contribution in [0.15, 0.2) is 0 Å². The Morgan fingerprint density at radius 1 is 1.36 bits per heavy atom. The minimum atomic E-state index is -3.92. The normalized spacial score (nSPS) is 30.5. The molecule has 0 spiro atoms. The van der Waals surface area contributed by atoms with Crippen LogP contribution < -0.4 is 0 Å². The Labute approximate surface area is 64.8 Å². The molecule has 1 rings (SSSR count). The highest BCUT2D eigenvalue weighted by Gasteiger charge is 2.54. The molecule has 0 N–H and O–H groups in total. The van der Waals surface area contributed by atoms with Crippen LogP contribution >= 0.6 is 0 Å². The Kier molecular flexibility index (Phi) is 2.45. The van der Waals surface area contributed by atoms with Gasteiger partial charge in [-0.15, -0.1) is 0 Å². The van der Waals surface area contributed by atoms with Crippen LogP contribution in [-0.2, 0) is 0 Å². The fourth-order valence-corrected chi connectivity index (χ4v) is 1.43. The van der Waals surface area contributed by atoms with Gasteiger partial charge in [-0.2, -0.15) is 13.2 Å². The van der Waals surface area contributed by atoms with E-state index in [9.17, 15) is 13.2 Å². The number of halogens is 3. The quantitative estimate of drug-likeness (QED) is 0.603. The topological polar surface area (TPSA) is 0 Å². The maximum Gasteiger partial charge on any atom is 0.392 e. The molecular weight excluding hydrogens is 153 g/mol. The molecule has 1 fully saturated rings. The summed E-state index contributed by atoms with van der Waals surface area (Å²) in [6.07, 6.45) is -0.832. The second-order valence-electron chi connectivity index (χ2n) is 3.29. The van der Waals surface area contributed by atoms with E-state index in [1.54, 1.807) is 0 Å². The zero-order valence-corrected chi connectivity index (χ0v) is 6.62. The molecule has 2 atom stereocenters. The summed E-state index contributed by atoms with van der Waals surface area (Å²) >= 11 is 0. The monoisotopic (exact) mass is 166 g/mol. The lowest BCUT2D eigenvalue weighted by molar-refractivity contribution is -0.151. The molecule has 0 heterocycles. The largest absolute Gasteiger partial charge is 0.392 e. The number of hydrogen-bond acceptors (Lipinski definition) is 0. The van der Waals surface area contributed by atoms with Crippen molar-refractivity contribution in [3.8, 4) is 0 Å². The van der Waals surface area contributed by atoms with Crippen LogP contribution in [0.4, 0.5) is 13.2 Å². The second kappa shape index (κ2) is 3.03. The van der Waals surface area contributed by atoms with Gasteiger partial charge in [-0.1, -0.05) is 19.8 Å². The molecule has 0 radical (unpaired) electrons. The Hall–Kier alpha value is -0.210. The highest BCUT2D eigenvalue weighted by atomic mass is 19.4. The maximum atomic E-state index is 11.9. The van der Waals surface area contributed by atoms with Crippen molar-refractivity contribution in [2.45, 2.75) is 38.8 Å². The summed E-state index contributed by atoms with van der Waals surface area (Å²) in [6.45, 7) is 2.00. The fraction of sp³-hybridized carbons (Fsp3) is 1.00. The van der Waals surface area contributed by atoms with E-state index in [1.165, 1.54) is 0 Å². The predicted molar refractivity (Wildman–Crippen MR) is 37.2 cm³/mol. The Balaban J connectivity index is 2.16. The Morgan fingerprint density at radius 3 is 2.36 bits per heavy atom. The van der Waals surface area contributed by atoms with Gasteiger partial charge in [-0.05, 0) is 18.8 Å². The highest BCUT2D eigenvalue weighted by molar-refractivity contribution is 4.90. The van der Waals surface area contributed by atoms with E-state index in [1.807, 2.05) is 6.92 Å². The fourth-order valence-electron chi connectivity index (χ4n) is 1.43. The lowest BCUT2D eigenvalue weighted by atomic mass is 10.1. The van der Waals surface area contributed by atoms with Crippen LogP contribution in [0.3, 0.4) is 0 Å². The van der Waals surface area contributed by atoms with Crippen LogP contribution in [0, 0.1) is 11.8 Å². The lowest BCUT2D eigenvalue weighted by Gasteiger charge is -2.03. The van der Waals surface area contributed by atoms with Crippen molar-refractivity contribution in [3.05, 3.63) is 0 Å². The second-order valence-corrected chi connectivity index (χ2v) is 3.29. The molecule has 0 aromatic carbocycles. The van der Waals surface area contributed by atoms with Gasteiger partial charge in [0.05, 0.1) is 5.92 Å². The molecule has 1 aliphatic rings. The Bertz CT molecular complexity index is 128. The Morgan fingerprint density at radius 2 is 2.00 bits per heavy atom. The van der Waals surface area contributed by atoms with E-state index < -0.39 is 12.1 Å². The van der Waals surface area contributed by atoms with Crippen molar-refractivity contribution >= 4 is 0 Å². The SMILES string of the molecule is CCCCC1CC1C(F)(F)F. The first-order valence-corrected chi connectivity index (χ1v) is 4.12. The van der Waals surface area contributed by atoms with E-state index in [0.29, 0.717) is 6.42 Å². The first kappa shape index (κ1) is 8.88. The third-order valence-electron chi connectivity index (χ3n) is 2.27. The molecule has 1 saturated carbocycles. The van der Waals surface area contributed by atoms with Gasteiger partial charge in [-0.3, -0.25) is 0 Å². The third-order valence-corrected chi connectivity index (χ3v) is 2.27. The summed E-state index contributed by atoms with van der Waals surface area (Å²) in [6, 6.07) is 0. The van der Waals surface area contributed by atoms with Gasteiger partial charge in [-0.25, -0.2) is 0 Å². The zero-order chi connectivity index (χ0) is 8.48. The number of unbranched alkanes of at least 4 members (excludes halogenated alkanes) is 1. The predicted octanol–water partition coefficient (Wildman–Crippen LogP) is 3.38. The average molecular weight is 166 g/mol. The minimum absolute atomic E-state index is 0.0463. The van der Waals surface area contributed by atoms with E-state index in [4.69, 9.17) is 0 Å². The summed E-state index contributed by atoms with van der Waals surface area (Å²) in [5.74, 6) is -1.01. The summed E-state index contributed by atoms with van der Waals surface area (Å²) in [5, 5.41) is 0. The van der Waals surface area contributed by atoms with Gasteiger partial charge in [0.1, 0.15) is 0 Å². The van der Waals surface area contributed by atoms with Crippen LogP contribution in [-0.4, -0.2) is 6.18 Å². The minimum Gasteiger partial charge on any atom is -0.171 e. The van der Waals surface area contributed by atoms with E-state index in [2.05, 4.69) is 0 Å². The molecule has 66 valence electrons. The van der Waals surface area contributed by atoms with Gasteiger partial charge >= 0.3 is 6.18 Å². The van der Waals surface area contributed by atoms with Crippen LogP contribution in [0.5, 0.6) is 0 Å². The molecule has 0 aromatic heterocycles. The van der Waals surface area contributed by atoms with Crippen molar-refractivity contribution in [2.24, 2.45) is 11.8 Å². The number of hydrogen-bond donors (Lipinski definition) is 0. The molecule has 0 nitrogen and oxygen atoms in total. The number of rotatable bonds is 3. The van der Waals surface area contributed by atoms with Gasteiger partial charge in [0.15, 0.2) is 0 Å². The zero-order valence-electron chi connectivity index (χ0n) is 6.62. The van der Waals surface area contributed by atoms with Crippen molar-refractivity contribution in [3.63, 3.8) is 0 Å². The van der Waals surface area contributed by atoms with Gasteiger partial charge in [0, 0.05) is 0 Å². The van der Waals surface area contributed by atoms with Crippen LogP contribution in [0.25, 0.3) is 0 Å². The van der Waals surface area contributed by atoms with E-state index >= 15 is 0 Å². The molecule has 3 heteroatoms. The molecule has 0 amide bonds. The highest BCUT2D eigenvalue weighted by Crippen LogP contribution is 2.52. The first-order valence-electron chi connectivity index (χ1n) is 4.12. The van der Waals surface area contributed by atoms with Gasteiger partial charge in [0.25, 0.3) is 0 Å². The van der Waals surface area contributed by atoms with E-state index in [0.717, 1.165) is 19.3 Å².